The fraction of sp³-hybridized carbons (Fsp3) is 0.300. The van der Waals surface area contributed by atoms with Crippen LogP contribution in [0.25, 0.3) is 10.9 Å². The average molecular weight is 334 g/mol. The minimum Gasteiger partial charge on any atom is -0.368 e. The number of carbonyl (C=O) groups is 1. The molecular weight excluding hydrogens is 312 g/mol. The van der Waals surface area contributed by atoms with Crippen LogP contribution in [-0.4, -0.2) is 46.8 Å². The standard InChI is InChI=1S/C20H22N4O/c1-15-6-5-7-16(14-15)23-10-12-24(13-11-23)20(25)19-17-8-3-4-9-18(17)22(2)21-19/h3-9,14H,10-13H2,1-2H3. The van der Waals surface area contributed by atoms with Crippen LogP contribution in [0.15, 0.2) is 48.5 Å². The number of hydrogen-bond donors (Lipinski definition) is 0. The van der Waals surface area contributed by atoms with Crippen molar-refractivity contribution in [2.75, 3.05) is 31.1 Å². The number of fused-ring (bicyclic) bond motifs is 1. The van der Waals surface area contributed by atoms with E-state index in [0.717, 1.165) is 37.1 Å². The monoisotopic (exact) mass is 334 g/mol. The van der Waals surface area contributed by atoms with Crippen molar-refractivity contribution in [3.05, 3.63) is 59.8 Å². The third kappa shape index (κ3) is 2.86. The minimum absolute atomic E-state index is 0.0284. The predicted octanol–water partition coefficient (Wildman–Crippen LogP) is 2.84. The van der Waals surface area contributed by atoms with Crippen LogP contribution in [-0.2, 0) is 7.05 Å². The van der Waals surface area contributed by atoms with Crippen molar-refractivity contribution in [2.24, 2.45) is 7.05 Å². The van der Waals surface area contributed by atoms with E-state index in [1.54, 1.807) is 4.68 Å². The van der Waals surface area contributed by atoms with Crippen LogP contribution in [0.2, 0.25) is 0 Å². The molecule has 1 amide bonds. The number of amides is 1. The Morgan fingerprint density at radius 1 is 1.00 bits per heavy atom. The number of benzene rings is 2. The lowest BCUT2D eigenvalue weighted by Gasteiger charge is -2.36. The molecule has 1 aliphatic rings. The van der Waals surface area contributed by atoms with Crippen molar-refractivity contribution in [3.63, 3.8) is 0 Å². The van der Waals surface area contributed by atoms with Gasteiger partial charge in [0.25, 0.3) is 5.91 Å². The number of aryl methyl sites for hydroxylation is 2. The van der Waals surface area contributed by atoms with Gasteiger partial charge in [-0.25, -0.2) is 0 Å². The van der Waals surface area contributed by atoms with Crippen LogP contribution >= 0.6 is 0 Å². The third-order valence-electron chi connectivity index (χ3n) is 4.89. The van der Waals surface area contributed by atoms with E-state index in [2.05, 4.69) is 41.2 Å². The second kappa shape index (κ2) is 6.24. The lowest BCUT2D eigenvalue weighted by molar-refractivity contribution is 0.0742. The Morgan fingerprint density at radius 2 is 1.76 bits per heavy atom. The maximum atomic E-state index is 13.0. The number of nitrogens with zero attached hydrogens (tertiary/aromatic N) is 4. The summed E-state index contributed by atoms with van der Waals surface area (Å²) in [7, 11) is 1.88. The maximum Gasteiger partial charge on any atom is 0.275 e. The van der Waals surface area contributed by atoms with Crippen LogP contribution in [0.4, 0.5) is 5.69 Å². The molecule has 5 heteroatoms. The SMILES string of the molecule is Cc1cccc(N2CCN(C(=O)c3nn(C)c4ccccc34)CC2)c1. The van der Waals surface area contributed by atoms with E-state index in [0.29, 0.717) is 5.69 Å². The number of carbonyl (C=O) groups excluding carboxylic acids is 1. The van der Waals surface area contributed by atoms with E-state index < -0.39 is 0 Å². The van der Waals surface area contributed by atoms with Gasteiger partial charge in [0.15, 0.2) is 5.69 Å². The number of anilines is 1. The molecule has 1 aliphatic heterocycles. The van der Waals surface area contributed by atoms with Gasteiger partial charge in [0, 0.05) is 44.3 Å². The molecule has 0 spiro atoms. The summed E-state index contributed by atoms with van der Waals surface area (Å²) in [5.74, 6) is 0.0284. The summed E-state index contributed by atoms with van der Waals surface area (Å²) in [6, 6.07) is 16.4. The fourth-order valence-electron chi connectivity index (χ4n) is 3.51. The average Bonchev–Trinajstić information content (AvgIpc) is 2.98. The predicted molar refractivity (Wildman–Crippen MR) is 100 cm³/mol. The van der Waals surface area contributed by atoms with Gasteiger partial charge in [0.1, 0.15) is 0 Å². The van der Waals surface area contributed by atoms with Gasteiger partial charge in [0.2, 0.25) is 0 Å². The number of aromatic nitrogens is 2. The zero-order chi connectivity index (χ0) is 17.4. The molecule has 3 aromatic rings. The number of hydrogen-bond acceptors (Lipinski definition) is 3. The highest BCUT2D eigenvalue weighted by Gasteiger charge is 2.25. The summed E-state index contributed by atoms with van der Waals surface area (Å²) >= 11 is 0. The van der Waals surface area contributed by atoms with Crippen LogP contribution in [0.5, 0.6) is 0 Å². The summed E-state index contributed by atoms with van der Waals surface area (Å²) in [4.78, 5) is 17.2. The van der Waals surface area contributed by atoms with Gasteiger partial charge >= 0.3 is 0 Å². The largest absolute Gasteiger partial charge is 0.368 e. The molecule has 0 aliphatic carbocycles. The number of piperazine rings is 1. The smallest absolute Gasteiger partial charge is 0.275 e. The van der Waals surface area contributed by atoms with Gasteiger partial charge in [-0.1, -0.05) is 30.3 Å². The van der Waals surface area contributed by atoms with Crippen LogP contribution < -0.4 is 4.90 Å². The first kappa shape index (κ1) is 15.7. The van der Waals surface area contributed by atoms with E-state index in [1.165, 1.54) is 11.3 Å². The molecule has 2 heterocycles. The molecule has 0 bridgehead atoms. The Morgan fingerprint density at radius 3 is 2.52 bits per heavy atom. The lowest BCUT2D eigenvalue weighted by Crippen LogP contribution is -2.49. The summed E-state index contributed by atoms with van der Waals surface area (Å²) in [6.07, 6.45) is 0. The molecule has 0 radical (unpaired) electrons. The van der Waals surface area contributed by atoms with Crippen molar-refractivity contribution in [1.82, 2.24) is 14.7 Å². The second-order valence-corrected chi connectivity index (χ2v) is 6.61. The molecule has 4 rings (SSSR count). The van der Waals surface area contributed by atoms with Crippen molar-refractivity contribution in [3.8, 4) is 0 Å². The van der Waals surface area contributed by atoms with Crippen molar-refractivity contribution in [2.45, 2.75) is 6.92 Å². The van der Waals surface area contributed by atoms with Crippen LogP contribution in [0, 0.1) is 6.92 Å². The Kier molecular flexibility index (Phi) is 3.92. The Balaban J connectivity index is 1.51. The van der Waals surface area contributed by atoms with Gasteiger partial charge in [-0.3, -0.25) is 9.48 Å². The minimum atomic E-state index is 0.0284. The lowest BCUT2D eigenvalue weighted by atomic mass is 10.1. The maximum absolute atomic E-state index is 13.0. The molecule has 5 nitrogen and oxygen atoms in total. The van der Waals surface area contributed by atoms with Crippen molar-refractivity contribution < 1.29 is 4.79 Å². The molecule has 25 heavy (non-hydrogen) atoms. The summed E-state index contributed by atoms with van der Waals surface area (Å²) in [5, 5.41) is 5.39. The normalized spacial score (nSPS) is 15.0. The highest BCUT2D eigenvalue weighted by atomic mass is 16.2. The van der Waals surface area contributed by atoms with E-state index >= 15 is 0 Å². The molecule has 128 valence electrons. The zero-order valence-electron chi connectivity index (χ0n) is 14.6. The van der Waals surface area contributed by atoms with Gasteiger partial charge in [-0.15, -0.1) is 0 Å². The van der Waals surface area contributed by atoms with Gasteiger partial charge in [-0.05, 0) is 30.7 Å². The fourth-order valence-corrected chi connectivity index (χ4v) is 3.51. The number of rotatable bonds is 2. The zero-order valence-corrected chi connectivity index (χ0v) is 14.6. The van der Waals surface area contributed by atoms with Crippen LogP contribution in [0.1, 0.15) is 16.1 Å². The van der Waals surface area contributed by atoms with Gasteiger partial charge in [-0.2, -0.15) is 5.10 Å². The quantitative estimate of drug-likeness (QED) is 0.724. The van der Waals surface area contributed by atoms with Crippen molar-refractivity contribution in [1.29, 1.82) is 0 Å². The molecule has 1 fully saturated rings. The first-order chi connectivity index (χ1) is 12.1. The van der Waals surface area contributed by atoms with E-state index in [9.17, 15) is 4.79 Å². The Labute approximate surface area is 147 Å². The molecule has 2 aromatic carbocycles. The summed E-state index contributed by atoms with van der Waals surface area (Å²) in [6.45, 7) is 5.24. The molecule has 0 N–H and O–H groups in total. The van der Waals surface area contributed by atoms with Crippen molar-refractivity contribution >= 4 is 22.5 Å². The number of para-hydroxylation sites is 1. The molecule has 1 saturated heterocycles. The first-order valence-corrected chi connectivity index (χ1v) is 8.66. The molecule has 1 aromatic heterocycles. The second-order valence-electron chi connectivity index (χ2n) is 6.61. The molecular formula is C20H22N4O. The first-order valence-electron chi connectivity index (χ1n) is 8.66. The van der Waals surface area contributed by atoms with Crippen LogP contribution in [0.3, 0.4) is 0 Å². The van der Waals surface area contributed by atoms with E-state index in [-0.39, 0.29) is 5.91 Å². The summed E-state index contributed by atoms with van der Waals surface area (Å²) in [5.41, 5.74) is 4.04. The van der Waals surface area contributed by atoms with Gasteiger partial charge < -0.3 is 9.80 Å². The Hall–Kier alpha value is -2.82. The summed E-state index contributed by atoms with van der Waals surface area (Å²) < 4.78 is 1.78. The highest BCUT2D eigenvalue weighted by molar-refractivity contribution is 6.04. The van der Waals surface area contributed by atoms with Gasteiger partial charge in [0.05, 0.1) is 5.52 Å². The Bertz CT molecular complexity index is 922. The third-order valence-corrected chi connectivity index (χ3v) is 4.89. The topological polar surface area (TPSA) is 41.4 Å². The highest BCUT2D eigenvalue weighted by Crippen LogP contribution is 2.21. The molecule has 0 atom stereocenters. The van der Waals surface area contributed by atoms with E-state index in [4.69, 9.17) is 0 Å². The molecule has 0 saturated carbocycles. The molecule has 0 unspecified atom stereocenters. The van der Waals surface area contributed by atoms with E-state index in [1.807, 2.05) is 36.2 Å².